The molecule has 0 aliphatic carbocycles. The van der Waals surface area contributed by atoms with Crippen LogP contribution in [0, 0.1) is 0 Å². The first-order chi connectivity index (χ1) is 12.4. The zero-order valence-electron chi connectivity index (χ0n) is 17.1. The molecule has 146 valence electrons. The molecule has 0 spiro atoms. The molecule has 1 aliphatic rings. The molecule has 5 heteroatoms. The Balaban J connectivity index is 2.36. The molecule has 2 rings (SSSR count). The molecule has 0 radical (unpaired) electrons. The molecule has 5 nitrogen and oxygen atoms in total. The molecule has 1 saturated heterocycles. The highest BCUT2D eigenvalue weighted by Gasteiger charge is 2.30. The lowest BCUT2D eigenvalue weighted by atomic mass is 9.95. The van der Waals surface area contributed by atoms with Crippen LogP contribution in [-0.4, -0.2) is 41.2 Å². The van der Waals surface area contributed by atoms with Gasteiger partial charge in [-0.05, 0) is 59.2 Å². The number of hydrogen-bond acceptors (Lipinski definition) is 4. The number of rotatable bonds is 6. The molecule has 1 unspecified atom stereocenters. The molecule has 1 aromatic rings. The predicted molar refractivity (Wildman–Crippen MR) is 107 cm³/mol. The molecule has 1 fully saturated rings. The highest BCUT2D eigenvalue weighted by Crippen LogP contribution is 2.35. The molecule has 1 aromatic heterocycles. The van der Waals surface area contributed by atoms with Crippen LogP contribution in [0.25, 0.3) is 0 Å². The van der Waals surface area contributed by atoms with E-state index in [9.17, 15) is 4.79 Å². The molecular formula is C21H35N3O2. The first-order valence-electron chi connectivity index (χ1n) is 10.1. The first kappa shape index (κ1) is 20.7. The Hall–Kier alpha value is -1.62. The lowest BCUT2D eigenvalue weighted by Crippen LogP contribution is -2.40. The highest BCUT2D eigenvalue weighted by molar-refractivity contribution is 5.87. The van der Waals surface area contributed by atoms with Crippen LogP contribution in [0.4, 0.5) is 10.6 Å². The van der Waals surface area contributed by atoms with Crippen LogP contribution in [0.3, 0.4) is 0 Å². The summed E-state index contributed by atoms with van der Waals surface area (Å²) in [5.41, 5.74) is 0.632. The van der Waals surface area contributed by atoms with Crippen LogP contribution in [0.2, 0.25) is 0 Å². The molecule has 0 N–H and O–H groups in total. The van der Waals surface area contributed by atoms with E-state index in [4.69, 9.17) is 4.74 Å². The molecule has 26 heavy (non-hydrogen) atoms. The van der Waals surface area contributed by atoms with E-state index in [0.29, 0.717) is 12.6 Å². The van der Waals surface area contributed by atoms with Crippen molar-refractivity contribution in [3.05, 3.63) is 23.9 Å². The minimum atomic E-state index is -0.517. The maximum absolute atomic E-state index is 12.9. The summed E-state index contributed by atoms with van der Waals surface area (Å²) < 4.78 is 5.68. The fraction of sp³-hybridized carbons (Fsp3) is 0.714. The number of ether oxygens (including phenoxy) is 1. The fourth-order valence-corrected chi connectivity index (χ4v) is 3.53. The Morgan fingerprint density at radius 2 is 2.12 bits per heavy atom. The smallest absolute Gasteiger partial charge is 0.416 e. The van der Waals surface area contributed by atoms with E-state index in [0.717, 1.165) is 43.7 Å². The van der Waals surface area contributed by atoms with Crippen LogP contribution in [0.15, 0.2) is 18.3 Å². The van der Waals surface area contributed by atoms with E-state index in [1.54, 1.807) is 11.1 Å². The normalized spacial score (nSPS) is 18.6. The summed E-state index contributed by atoms with van der Waals surface area (Å²) in [5, 5.41) is 0. The number of hydrogen-bond donors (Lipinski definition) is 0. The summed E-state index contributed by atoms with van der Waals surface area (Å²) in [5.74, 6) is 0.764. The van der Waals surface area contributed by atoms with Gasteiger partial charge in [-0.1, -0.05) is 32.8 Å². The molecule has 2 heterocycles. The average molecular weight is 362 g/mol. The second-order valence-corrected chi connectivity index (χ2v) is 8.04. The van der Waals surface area contributed by atoms with Crippen LogP contribution in [0.1, 0.15) is 78.3 Å². The summed E-state index contributed by atoms with van der Waals surface area (Å²) in [6.07, 6.45) is 7.00. The van der Waals surface area contributed by atoms with Gasteiger partial charge >= 0.3 is 6.09 Å². The number of likely N-dealkylation sites (tertiary alicyclic amines) is 1. The van der Waals surface area contributed by atoms with E-state index in [1.807, 2.05) is 26.8 Å². The number of carbonyl (C=O) groups excluding carboxylic acids is 1. The van der Waals surface area contributed by atoms with E-state index < -0.39 is 5.60 Å². The third-order valence-corrected chi connectivity index (χ3v) is 4.80. The predicted octanol–water partition coefficient (Wildman–Crippen LogP) is 5.17. The van der Waals surface area contributed by atoms with Gasteiger partial charge < -0.3 is 4.74 Å². The maximum atomic E-state index is 12.9. The van der Waals surface area contributed by atoms with Crippen molar-refractivity contribution < 1.29 is 9.53 Å². The lowest BCUT2D eigenvalue weighted by molar-refractivity contribution is 0.0577. The molecule has 0 bridgehead atoms. The summed E-state index contributed by atoms with van der Waals surface area (Å²) in [7, 11) is 0. The number of aromatic nitrogens is 1. The zero-order valence-corrected chi connectivity index (χ0v) is 17.1. The van der Waals surface area contributed by atoms with Crippen LogP contribution < -0.4 is 4.90 Å². The van der Waals surface area contributed by atoms with Gasteiger partial charge in [0.1, 0.15) is 11.4 Å². The van der Waals surface area contributed by atoms with E-state index >= 15 is 0 Å². The number of anilines is 1. The zero-order chi connectivity index (χ0) is 19.2. The second-order valence-electron chi connectivity index (χ2n) is 8.04. The Morgan fingerprint density at radius 3 is 2.77 bits per heavy atom. The number of unbranched alkanes of at least 4 members (excludes halogenated alkanes) is 1. The van der Waals surface area contributed by atoms with Crippen molar-refractivity contribution >= 4 is 11.9 Å². The minimum absolute atomic E-state index is 0.301. The molecule has 0 saturated carbocycles. The highest BCUT2D eigenvalue weighted by atomic mass is 16.6. The van der Waals surface area contributed by atoms with E-state index in [1.165, 1.54) is 12.8 Å². The van der Waals surface area contributed by atoms with Crippen molar-refractivity contribution in [3.63, 3.8) is 0 Å². The monoisotopic (exact) mass is 361 g/mol. The van der Waals surface area contributed by atoms with Crippen molar-refractivity contribution in [2.75, 3.05) is 24.5 Å². The van der Waals surface area contributed by atoms with Crippen molar-refractivity contribution in [3.8, 4) is 0 Å². The largest absolute Gasteiger partial charge is 0.443 e. The fourth-order valence-electron chi connectivity index (χ4n) is 3.53. The Morgan fingerprint density at radius 1 is 1.35 bits per heavy atom. The number of pyridine rings is 1. The van der Waals surface area contributed by atoms with E-state index in [2.05, 4.69) is 29.8 Å². The van der Waals surface area contributed by atoms with Gasteiger partial charge in [0.2, 0.25) is 0 Å². The summed E-state index contributed by atoms with van der Waals surface area (Å²) in [6.45, 7) is 12.8. The Labute approximate surface area is 158 Å². The lowest BCUT2D eigenvalue weighted by Gasteiger charge is -2.37. The van der Waals surface area contributed by atoms with Gasteiger partial charge in [0.15, 0.2) is 0 Å². The SMILES string of the molecule is CCCCN(C(=O)OC(C)(C)C)c1ncccc1C1CCCCN1CC. The van der Waals surface area contributed by atoms with E-state index in [-0.39, 0.29) is 6.09 Å². The minimum Gasteiger partial charge on any atom is -0.443 e. The maximum Gasteiger partial charge on any atom is 0.416 e. The number of carbonyl (C=O) groups is 1. The van der Waals surface area contributed by atoms with Gasteiger partial charge in [0, 0.05) is 24.3 Å². The molecule has 1 aliphatic heterocycles. The van der Waals surface area contributed by atoms with Gasteiger partial charge in [-0.2, -0.15) is 0 Å². The van der Waals surface area contributed by atoms with Crippen molar-refractivity contribution in [2.24, 2.45) is 0 Å². The summed E-state index contributed by atoms with van der Waals surface area (Å²) in [6, 6.07) is 4.43. The van der Waals surface area contributed by atoms with Gasteiger partial charge in [-0.25, -0.2) is 9.78 Å². The number of piperidine rings is 1. The van der Waals surface area contributed by atoms with Crippen molar-refractivity contribution in [2.45, 2.75) is 78.4 Å². The third kappa shape index (κ3) is 5.44. The molecule has 0 aromatic carbocycles. The second kappa shape index (κ2) is 9.36. The summed E-state index contributed by atoms with van der Waals surface area (Å²) >= 11 is 0. The van der Waals surface area contributed by atoms with Crippen LogP contribution >= 0.6 is 0 Å². The topological polar surface area (TPSA) is 45.7 Å². The van der Waals surface area contributed by atoms with Gasteiger partial charge in [-0.15, -0.1) is 0 Å². The molecule has 1 amide bonds. The van der Waals surface area contributed by atoms with Crippen molar-refractivity contribution in [1.29, 1.82) is 0 Å². The van der Waals surface area contributed by atoms with Crippen LogP contribution in [-0.2, 0) is 4.74 Å². The van der Waals surface area contributed by atoms with Gasteiger partial charge in [-0.3, -0.25) is 9.80 Å². The molecular weight excluding hydrogens is 326 g/mol. The third-order valence-electron chi connectivity index (χ3n) is 4.80. The van der Waals surface area contributed by atoms with Crippen LogP contribution in [0.5, 0.6) is 0 Å². The average Bonchev–Trinajstić information content (AvgIpc) is 2.61. The molecule has 1 atom stereocenters. The summed E-state index contributed by atoms with van der Waals surface area (Å²) in [4.78, 5) is 21.8. The quantitative estimate of drug-likeness (QED) is 0.701. The Kier molecular flexibility index (Phi) is 7.44. The van der Waals surface area contributed by atoms with Crippen molar-refractivity contribution in [1.82, 2.24) is 9.88 Å². The standard InChI is InChI=1S/C21H35N3O2/c1-6-8-16-24(20(25)26-21(3,4)5)19-17(12-11-14-22-19)18-13-9-10-15-23(18)7-2/h11-12,14,18H,6-10,13,15-16H2,1-5H3. The van der Waals surface area contributed by atoms with Gasteiger partial charge in [0.25, 0.3) is 0 Å². The Bertz CT molecular complexity index is 583. The first-order valence-corrected chi connectivity index (χ1v) is 10.1. The van der Waals surface area contributed by atoms with Gasteiger partial charge in [0.05, 0.1) is 0 Å². The number of amides is 1. The number of nitrogens with zero attached hydrogens (tertiary/aromatic N) is 3.